The molecule has 2 aliphatic rings. The number of hydrogen-bond acceptors (Lipinski definition) is 8. The number of aliphatic carboxylic acids is 1. The highest BCUT2D eigenvalue weighted by molar-refractivity contribution is 5.95. The number of hydrogen-bond donors (Lipinski definition) is 6. The lowest BCUT2D eigenvalue weighted by Gasteiger charge is -2.47. The van der Waals surface area contributed by atoms with E-state index in [1.165, 1.54) is 12.1 Å². The van der Waals surface area contributed by atoms with E-state index >= 15 is 0 Å². The van der Waals surface area contributed by atoms with E-state index in [0.29, 0.717) is 51.3 Å². The molecule has 0 aliphatic carbocycles. The fraction of sp³-hybridized carbons (Fsp3) is 0.655. The molecule has 0 spiro atoms. The fourth-order valence-electron chi connectivity index (χ4n) is 5.32. The number of nitrogens with zero attached hydrogens (tertiary/aromatic N) is 1. The highest BCUT2D eigenvalue weighted by Gasteiger charge is 2.53. The summed E-state index contributed by atoms with van der Waals surface area (Å²) in [4.78, 5) is 55.1. The van der Waals surface area contributed by atoms with Crippen molar-refractivity contribution in [2.45, 2.75) is 83.6 Å². The number of benzene rings is 1. The molecule has 4 atom stereocenters. The van der Waals surface area contributed by atoms with E-state index in [4.69, 9.17) is 4.74 Å². The summed E-state index contributed by atoms with van der Waals surface area (Å²) < 4.78 is 5.51. The Morgan fingerprint density at radius 2 is 1.76 bits per heavy atom. The fourth-order valence-corrected chi connectivity index (χ4v) is 5.32. The van der Waals surface area contributed by atoms with Crippen molar-refractivity contribution in [3.8, 4) is 5.75 Å². The summed E-state index contributed by atoms with van der Waals surface area (Å²) in [6, 6.07) is 3.80. The number of carbonyl (C=O) groups excluding carboxylic acids is 3. The summed E-state index contributed by atoms with van der Waals surface area (Å²) in [5, 5.41) is 31.7. The maximum Gasteiger partial charge on any atom is 0.352 e. The lowest BCUT2D eigenvalue weighted by Crippen LogP contribution is -2.77. The first-order valence-corrected chi connectivity index (χ1v) is 14.3. The van der Waals surface area contributed by atoms with E-state index in [-0.39, 0.29) is 29.9 Å². The van der Waals surface area contributed by atoms with Crippen LogP contribution in [0.4, 0.5) is 0 Å². The highest BCUT2D eigenvalue weighted by Crippen LogP contribution is 2.30. The van der Waals surface area contributed by atoms with Crippen LogP contribution in [-0.4, -0.2) is 95.4 Å². The molecule has 3 rings (SSSR count). The maximum atomic E-state index is 14.1. The van der Waals surface area contributed by atoms with Crippen molar-refractivity contribution in [3.05, 3.63) is 29.8 Å². The molecular weight excluding hydrogens is 530 g/mol. The number of aromatic hydroxyl groups is 1. The highest BCUT2D eigenvalue weighted by atomic mass is 16.5. The van der Waals surface area contributed by atoms with E-state index in [2.05, 4.69) is 21.3 Å². The smallest absolute Gasteiger partial charge is 0.352 e. The molecule has 0 radical (unpaired) electrons. The largest absolute Gasteiger partial charge is 0.508 e. The third kappa shape index (κ3) is 8.88. The number of morpholine rings is 1. The van der Waals surface area contributed by atoms with Gasteiger partial charge in [0.1, 0.15) is 11.8 Å². The topological polar surface area (TPSA) is 169 Å². The number of amides is 3. The molecule has 0 bridgehead atoms. The van der Waals surface area contributed by atoms with Crippen molar-refractivity contribution in [2.75, 3.05) is 32.8 Å². The summed E-state index contributed by atoms with van der Waals surface area (Å²) in [5.74, 6) is -2.99. The zero-order valence-electron chi connectivity index (χ0n) is 24.5. The Hall–Kier alpha value is -3.22. The van der Waals surface area contributed by atoms with Gasteiger partial charge in [-0.25, -0.2) is 4.79 Å². The van der Waals surface area contributed by atoms with E-state index in [1.54, 1.807) is 19.1 Å². The number of rotatable bonds is 12. The molecular formula is C29H45N5O7. The first kappa shape index (κ1) is 32.3. The molecule has 0 saturated carbocycles. The number of nitrogens with one attached hydrogen (secondary N) is 4. The molecule has 1 aromatic carbocycles. The van der Waals surface area contributed by atoms with Crippen molar-refractivity contribution in [1.29, 1.82) is 0 Å². The minimum Gasteiger partial charge on any atom is -0.508 e. The normalized spacial score (nSPS) is 20.8. The monoisotopic (exact) mass is 575 g/mol. The van der Waals surface area contributed by atoms with Crippen LogP contribution in [0.5, 0.6) is 5.75 Å². The van der Waals surface area contributed by atoms with Gasteiger partial charge in [-0.1, -0.05) is 39.8 Å². The summed E-state index contributed by atoms with van der Waals surface area (Å²) in [5.41, 5.74) is -1.89. The van der Waals surface area contributed by atoms with Gasteiger partial charge < -0.3 is 36.2 Å². The SMILES string of the molecule is CCC(=O)N[C@@](NC(=O)[C@H](Cc1ccc(O)cc1)NC(=O)[C@@H]1CCCN1)(C(=O)O)C(CC(C)(C)C)N1CCOCC1. The number of carbonyl (C=O) groups is 4. The molecule has 2 saturated heterocycles. The summed E-state index contributed by atoms with van der Waals surface area (Å²) in [6.45, 7) is 9.84. The van der Waals surface area contributed by atoms with Crippen molar-refractivity contribution < 1.29 is 34.1 Å². The van der Waals surface area contributed by atoms with Crippen LogP contribution < -0.4 is 21.3 Å². The minimum absolute atomic E-state index is 0.0112. The quantitative estimate of drug-likeness (QED) is 0.197. The molecule has 12 heteroatoms. The standard InChI is InChI=1S/C29H45N5O7/c1-5-24(36)32-29(27(39)40,23(18-28(2,3)4)34-13-15-41-16-14-34)33-26(38)22(17-19-8-10-20(35)11-9-19)31-25(37)21-7-6-12-30-21/h8-11,21-23,30,35H,5-7,12-18H2,1-4H3,(H,31,37)(H,32,36)(H,33,38)(H,39,40)/t21-,22-,23?,29-/m0/s1. The summed E-state index contributed by atoms with van der Waals surface area (Å²) in [6.07, 6.45) is 1.84. The van der Waals surface area contributed by atoms with E-state index in [0.717, 1.165) is 6.42 Å². The molecule has 41 heavy (non-hydrogen) atoms. The van der Waals surface area contributed by atoms with Crippen LogP contribution in [0.1, 0.15) is 58.9 Å². The van der Waals surface area contributed by atoms with E-state index < -0.39 is 41.6 Å². The molecule has 2 aliphatic heterocycles. The van der Waals surface area contributed by atoms with Gasteiger partial charge >= 0.3 is 5.97 Å². The van der Waals surface area contributed by atoms with Crippen LogP contribution in [0.15, 0.2) is 24.3 Å². The third-order valence-electron chi connectivity index (χ3n) is 7.49. The van der Waals surface area contributed by atoms with Crippen LogP contribution in [0, 0.1) is 5.41 Å². The summed E-state index contributed by atoms with van der Waals surface area (Å²) in [7, 11) is 0. The molecule has 12 nitrogen and oxygen atoms in total. The van der Waals surface area contributed by atoms with Crippen molar-refractivity contribution in [2.24, 2.45) is 5.41 Å². The van der Waals surface area contributed by atoms with Crippen molar-refractivity contribution in [1.82, 2.24) is 26.2 Å². The number of phenolic OH excluding ortho intramolecular Hbond substituents is 1. The molecule has 1 unspecified atom stereocenters. The summed E-state index contributed by atoms with van der Waals surface area (Å²) >= 11 is 0. The van der Waals surface area contributed by atoms with Gasteiger partial charge in [0.15, 0.2) is 0 Å². The Morgan fingerprint density at radius 1 is 1.10 bits per heavy atom. The van der Waals surface area contributed by atoms with Gasteiger partial charge in [0, 0.05) is 25.9 Å². The van der Waals surface area contributed by atoms with Crippen LogP contribution in [-0.2, 0) is 30.3 Å². The van der Waals surface area contributed by atoms with Gasteiger partial charge in [0.25, 0.3) is 0 Å². The zero-order chi connectivity index (χ0) is 30.2. The van der Waals surface area contributed by atoms with E-state index in [1.807, 2.05) is 25.7 Å². The van der Waals surface area contributed by atoms with Crippen LogP contribution in [0.2, 0.25) is 0 Å². The van der Waals surface area contributed by atoms with Gasteiger partial charge in [-0.15, -0.1) is 0 Å². The van der Waals surface area contributed by atoms with E-state index in [9.17, 15) is 29.4 Å². The Morgan fingerprint density at radius 3 is 2.29 bits per heavy atom. The van der Waals surface area contributed by atoms with Crippen LogP contribution in [0.3, 0.4) is 0 Å². The molecule has 2 heterocycles. The van der Waals surface area contributed by atoms with Gasteiger partial charge in [-0.05, 0) is 48.9 Å². The van der Waals surface area contributed by atoms with Crippen molar-refractivity contribution >= 4 is 23.7 Å². The second kappa shape index (κ2) is 14.1. The minimum atomic E-state index is -2.18. The lowest BCUT2D eigenvalue weighted by atomic mass is 9.81. The average Bonchev–Trinajstić information content (AvgIpc) is 3.47. The third-order valence-corrected chi connectivity index (χ3v) is 7.49. The Bertz CT molecular complexity index is 1060. The average molecular weight is 576 g/mol. The Labute approximate surface area is 241 Å². The Kier molecular flexibility index (Phi) is 11.1. The predicted octanol–water partition coefficient (Wildman–Crippen LogP) is 0.732. The predicted molar refractivity (Wildman–Crippen MR) is 152 cm³/mol. The van der Waals surface area contributed by atoms with Gasteiger partial charge in [-0.2, -0.15) is 0 Å². The first-order chi connectivity index (χ1) is 19.3. The second-order valence-corrected chi connectivity index (χ2v) is 12.0. The van der Waals surface area contributed by atoms with Crippen LogP contribution >= 0.6 is 0 Å². The maximum absolute atomic E-state index is 14.1. The van der Waals surface area contributed by atoms with Gasteiger partial charge in [0.05, 0.1) is 25.3 Å². The number of carboxylic acids is 1. The second-order valence-electron chi connectivity index (χ2n) is 12.0. The Balaban J connectivity index is 2.02. The molecule has 0 aromatic heterocycles. The molecule has 228 valence electrons. The number of phenols is 1. The molecule has 1 aromatic rings. The molecule has 2 fully saturated rings. The van der Waals surface area contributed by atoms with Crippen molar-refractivity contribution in [3.63, 3.8) is 0 Å². The number of carboxylic acid groups (broad SMARTS) is 1. The molecule has 6 N–H and O–H groups in total. The first-order valence-electron chi connectivity index (χ1n) is 14.3. The van der Waals surface area contributed by atoms with Gasteiger partial charge in [-0.3, -0.25) is 19.3 Å². The number of ether oxygens (including phenoxy) is 1. The molecule has 3 amide bonds. The zero-order valence-corrected chi connectivity index (χ0v) is 24.5. The van der Waals surface area contributed by atoms with Crippen LogP contribution in [0.25, 0.3) is 0 Å². The lowest BCUT2D eigenvalue weighted by molar-refractivity contribution is -0.159. The van der Waals surface area contributed by atoms with Gasteiger partial charge in [0.2, 0.25) is 23.4 Å².